The topological polar surface area (TPSA) is 175 Å². The second kappa shape index (κ2) is 50.0. The average molecular weight is 1050 g/mol. The lowest BCUT2D eigenvalue weighted by Crippen LogP contribution is -2.61. The smallest absolute Gasteiger partial charge is 0.335 e. The van der Waals surface area contributed by atoms with Crippen LogP contribution in [0.15, 0.2) is 122 Å². The Bertz CT molecular complexity index is 1770. The zero-order valence-electron chi connectivity index (χ0n) is 46.2. The SMILES string of the molecule is CC/C=C\C/C=C\C/C=C\C/C=C\CCCCC(=O)OC1C(OCC(COC(=O)CCCCCCC/C=C\C/C=C\C/C=C\CC)OC(=O)CCCCCCC/C=C\C/C=C\C/C=C\CC)OC(C(=O)O)C(O)C1O. The van der Waals surface area contributed by atoms with Crippen LogP contribution in [0.25, 0.3) is 0 Å². The van der Waals surface area contributed by atoms with Crippen molar-refractivity contribution >= 4 is 23.9 Å². The summed E-state index contributed by atoms with van der Waals surface area (Å²) in [6.45, 7) is 5.58. The standard InChI is InChI=1S/C63H98O12/c1-4-7-10-13-16-19-22-25-28-31-34-37-40-43-46-49-55(64)71-52-54(73-56(65)50-47-44-41-38-35-32-29-26-23-20-17-14-11-8-5-2)53-72-63-61(59(68)58(67)60(75-63)62(69)70)74-57(66)51-48-45-42-39-36-33-30-27-24-21-18-15-12-9-6-3/h7-12,16-21,25-30,36,39,54,58-61,63,67-68H,4-6,13-15,22-24,31-35,37-38,40-53H2,1-3H3,(H,69,70)/b10-7-,11-8-,12-9-,19-16-,20-17-,21-18-,28-25-,29-26-,30-27-,39-36-. The normalized spacial score (nSPS) is 19.1. The first-order valence-corrected chi connectivity index (χ1v) is 28.5. The molecule has 1 aliphatic heterocycles. The molecule has 1 heterocycles. The van der Waals surface area contributed by atoms with Gasteiger partial charge in [0.1, 0.15) is 18.8 Å². The minimum absolute atomic E-state index is 0.00223. The second-order valence-electron chi connectivity index (χ2n) is 18.8. The monoisotopic (exact) mass is 1050 g/mol. The molecular weight excluding hydrogens is 949 g/mol. The van der Waals surface area contributed by atoms with Gasteiger partial charge in [0.15, 0.2) is 24.6 Å². The van der Waals surface area contributed by atoms with E-state index in [0.29, 0.717) is 25.7 Å². The van der Waals surface area contributed by atoms with Gasteiger partial charge in [0.05, 0.1) is 6.61 Å². The summed E-state index contributed by atoms with van der Waals surface area (Å²) in [6, 6.07) is 0. The number of unbranched alkanes of at least 4 members (excludes halogenated alkanes) is 12. The highest BCUT2D eigenvalue weighted by atomic mass is 16.7. The summed E-state index contributed by atoms with van der Waals surface area (Å²) in [5.74, 6) is -3.24. The first-order valence-electron chi connectivity index (χ1n) is 28.5. The maximum absolute atomic E-state index is 13.1. The average Bonchev–Trinajstić information content (AvgIpc) is 3.39. The van der Waals surface area contributed by atoms with Gasteiger partial charge in [-0.25, -0.2) is 4.79 Å². The van der Waals surface area contributed by atoms with Crippen LogP contribution in [0.4, 0.5) is 0 Å². The lowest BCUT2D eigenvalue weighted by atomic mass is 9.98. The summed E-state index contributed by atoms with van der Waals surface area (Å²) in [7, 11) is 0. The molecule has 0 aliphatic carbocycles. The van der Waals surface area contributed by atoms with E-state index < -0.39 is 67.3 Å². The van der Waals surface area contributed by atoms with Crippen LogP contribution in [-0.2, 0) is 42.9 Å². The van der Waals surface area contributed by atoms with Crippen molar-refractivity contribution in [2.45, 2.75) is 237 Å². The third-order valence-electron chi connectivity index (χ3n) is 12.0. The van der Waals surface area contributed by atoms with Crippen molar-refractivity contribution in [1.29, 1.82) is 0 Å². The molecule has 0 amide bonds. The van der Waals surface area contributed by atoms with Crippen LogP contribution in [-0.4, -0.2) is 89.2 Å². The highest BCUT2D eigenvalue weighted by Crippen LogP contribution is 2.26. The van der Waals surface area contributed by atoms with Crippen molar-refractivity contribution in [2.75, 3.05) is 13.2 Å². The van der Waals surface area contributed by atoms with Gasteiger partial charge in [0.2, 0.25) is 0 Å². The second-order valence-corrected chi connectivity index (χ2v) is 18.8. The van der Waals surface area contributed by atoms with Gasteiger partial charge in [-0.05, 0) is 122 Å². The Morgan fingerprint density at radius 1 is 0.440 bits per heavy atom. The van der Waals surface area contributed by atoms with Crippen molar-refractivity contribution in [2.24, 2.45) is 0 Å². The molecule has 0 saturated carbocycles. The first kappa shape index (κ1) is 68.1. The van der Waals surface area contributed by atoms with Gasteiger partial charge in [-0.1, -0.05) is 181 Å². The molecule has 422 valence electrons. The molecule has 1 rings (SSSR count). The van der Waals surface area contributed by atoms with E-state index in [0.717, 1.165) is 135 Å². The molecule has 75 heavy (non-hydrogen) atoms. The number of hydrogen-bond acceptors (Lipinski definition) is 11. The zero-order valence-corrected chi connectivity index (χ0v) is 46.2. The van der Waals surface area contributed by atoms with Crippen molar-refractivity contribution in [3.63, 3.8) is 0 Å². The summed E-state index contributed by atoms with van der Waals surface area (Å²) < 4.78 is 28.3. The molecule has 1 saturated heterocycles. The van der Waals surface area contributed by atoms with Crippen LogP contribution < -0.4 is 0 Å². The number of carboxylic acid groups (broad SMARTS) is 1. The molecule has 0 aromatic heterocycles. The number of carboxylic acids is 1. The Morgan fingerprint density at radius 2 is 0.800 bits per heavy atom. The lowest BCUT2D eigenvalue weighted by molar-refractivity contribution is -0.301. The maximum Gasteiger partial charge on any atom is 0.335 e. The van der Waals surface area contributed by atoms with Crippen LogP contribution in [0.3, 0.4) is 0 Å². The molecule has 12 heteroatoms. The largest absolute Gasteiger partial charge is 0.479 e. The molecule has 6 atom stereocenters. The number of ether oxygens (including phenoxy) is 5. The van der Waals surface area contributed by atoms with E-state index in [9.17, 15) is 34.5 Å². The molecule has 0 aromatic rings. The molecule has 0 spiro atoms. The van der Waals surface area contributed by atoms with Crippen molar-refractivity contribution < 1.29 is 58.2 Å². The predicted molar refractivity (Wildman–Crippen MR) is 303 cm³/mol. The molecule has 0 radical (unpaired) electrons. The number of hydrogen-bond donors (Lipinski definition) is 3. The zero-order chi connectivity index (χ0) is 54.7. The van der Waals surface area contributed by atoms with E-state index in [1.165, 1.54) is 0 Å². The Hall–Kier alpha value is -4.88. The van der Waals surface area contributed by atoms with Crippen LogP contribution in [0.2, 0.25) is 0 Å². The molecule has 3 N–H and O–H groups in total. The van der Waals surface area contributed by atoms with E-state index in [1.54, 1.807) is 0 Å². The van der Waals surface area contributed by atoms with E-state index >= 15 is 0 Å². The van der Waals surface area contributed by atoms with E-state index in [1.807, 2.05) is 0 Å². The van der Waals surface area contributed by atoms with Gasteiger partial charge >= 0.3 is 23.9 Å². The number of allylic oxidation sites excluding steroid dienone is 20. The first-order chi connectivity index (χ1) is 36.6. The molecular formula is C63H98O12. The van der Waals surface area contributed by atoms with Crippen molar-refractivity contribution in [1.82, 2.24) is 0 Å². The summed E-state index contributed by atoms with van der Waals surface area (Å²) in [6.07, 6.45) is 56.0. The van der Waals surface area contributed by atoms with Crippen LogP contribution in [0, 0.1) is 0 Å². The quantitative estimate of drug-likeness (QED) is 0.0228. The van der Waals surface area contributed by atoms with Gasteiger partial charge in [-0.3, -0.25) is 14.4 Å². The van der Waals surface area contributed by atoms with E-state index in [4.69, 9.17) is 23.7 Å². The van der Waals surface area contributed by atoms with Gasteiger partial charge < -0.3 is 39.0 Å². The fraction of sp³-hybridized carbons (Fsp3) is 0.619. The van der Waals surface area contributed by atoms with Crippen molar-refractivity contribution in [3.05, 3.63) is 122 Å². The van der Waals surface area contributed by atoms with Gasteiger partial charge in [0, 0.05) is 19.3 Å². The molecule has 1 fully saturated rings. The highest BCUT2D eigenvalue weighted by molar-refractivity contribution is 5.74. The van der Waals surface area contributed by atoms with Gasteiger partial charge in [-0.2, -0.15) is 0 Å². The fourth-order valence-corrected chi connectivity index (χ4v) is 7.74. The number of aliphatic hydroxyl groups is 2. The Kier molecular flexibility index (Phi) is 45.4. The molecule has 1 aliphatic rings. The molecule has 0 aromatic carbocycles. The number of aliphatic carboxylic acids is 1. The van der Waals surface area contributed by atoms with E-state index in [2.05, 4.69) is 142 Å². The van der Waals surface area contributed by atoms with Gasteiger partial charge in [-0.15, -0.1) is 0 Å². The molecule has 12 nitrogen and oxygen atoms in total. The minimum Gasteiger partial charge on any atom is -0.479 e. The van der Waals surface area contributed by atoms with Crippen molar-refractivity contribution in [3.8, 4) is 0 Å². The Morgan fingerprint density at radius 3 is 1.24 bits per heavy atom. The maximum atomic E-state index is 13.1. The van der Waals surface area contributed by atoms with E-state index in [-0.39, 0.29) is 25.9 Å². The summed E-state index contributed by atoms with van der Waals surface area (Å²) >= 11 is 0. The molecule has 0 bridgehead atoms. The number of aliphatic hydroxyl groups excluding tert-OH is 2. The predicted octanol–water partition coefficient (Wildman–Crippen LogP) is 14.4. The lowest BCUT2D eigenvalue weighted by Gasteiger charge is -2.40. The molecule has 6 unspecified atom stereocenters. The van der Waals surface area contributed by atoms with Crippen LogP contribution >= 0.6 is 0 Å². The Labute approximate surface area is 452 Å². The summed E-state index contributed by atoms with van der Waals surface area (Å²) in [5.41, 5.74) is 0. The highest BCUT2D eigenvalue weighted by Gasteiger charge is 2.50. The minimum atomic E-state index is -1.93. The summed E-state index contributed by atoms with van der Waals surface area (Å²) in [5, 5.41) is 31.4. The third-order valence-corrected chi connectivity index (χ3v) is 12.0. The number of carbonyl (C=O) groups is 4. The number of rotatable bonds is 46. The number of esters is 3. The van der Waals surface area contributed by atoms with Gasteiger partial charge in [0.25, 0.3) is 0 Å². The Balaban J connectivity index is 2.76. The number of carbonyl (C=O) groups excluding carboxylic acids is 3. The van der Waals surface area contributed by atoms with Crippen LogP contribution in [0.5, 0.6) is 0 Å². The fourth-order valence-electron chi connectivity index (χ4n) is 7.74. The van der Waals surface area contributed by atoms with Crippen LogP contribution in [0.1, 0.15) is 201 Å². The third kappa shape index (κ3) is 40.1. The summed E-state index contributed by atoms with van der Waals surface area (Å²) in [4.78, 5) is 51.1.